The summed E-state index contributed by atoms with van der Waals surface area (Å²) < 4.78 is 2.36. The van der Waals surface area contributed by atoms with Gasteiger partial charge in [-0.05, 0) is 40.0 Å². The third-order valence-electron chi connectivity index (χ3n) is 3.03. The Morgan fingerprint density at radius 3 is 2.61 bits per heavy atom. The van der Waals surface area contributed by atoms with E-state index in [4.69, 9.17) is 16.7 Å². The Labute approximate surface area is 146 Å². The fourth-order valence-corrected chi connectivity index (χ4v) is 2.48. The van der Waals surface area contributed by atoms with Crippen molar-refractivity contribution in [1.82, 2.24) is 9.78 Å². The number of aromatic nitrogens is 2. The molecule has 6 nitrogen and oxygen atoms in total. The van der Waals surface area contributed by atoms with Gasteiger partial charge in [0, 0.05) is 24.1 Å². The second-order valence-corrected chi connectivity index (χ2v) is 6.24. The Bertz CT molecular complexity index is 700. The highest BCUT2D eigenvalue weighted by Crippen LogP contribution is 2.21. The molecule has 0 atom stereocenters. The number of hydrogen-bond donors (Lipinski definition) is 2. The molecular weight excluding hydrogens is 386 g/mol. The van der Waals surface area contributed by atoms with Gasteiger partial charge in [0.2, 0.25) is 5.91 Å². The minimum absolute atomic E-state index is 0.0282. The normalized spacial score (nSPS) is 10.5. The zero-order valence-corrected chi connectivity index (χ0v) is 14.5. The van der Waals surface area contributed by atoms with Crippen LogP contribution in [-0.2, 0) is 16.1 Å². The number of carbonyl (C=O) groups is 2. The van der Waals surface area contributed by atoms with Crippen LogP contribution in [-0.4, -0.2) is 26.8 Å². The second kappa shape index (κ2) is 8.12. The quantitative estimate of drug-likeness (QED) is 0.744. The molecule has 2 aromatic rings. The maximum Gasteiger partial charge on any atom is 0.303 e. The van der Waals surface area contributed by atoms with Crippen LogP contribution in [0.4, 0.5) is 5.82 Å². The van der Waals surface area contributed by atoms with Gasteiger partial charge in [-0.3, -0.25) is 14.3 Å². The summed E-state index contributed by atoms with van der Waals surface area (Å²) in [5, 5.41) is 16.2. The van der Waals surface area contributed by atoms with Crippen LogP contribution >= 0.6 is 27.5 Å². The number of amides is 1. The van der Waals surface area contributed by atoms with Crippen molar-refractivity contribution in [3.63, 3.8) is 0 Å². The average molecular weight is 401 g/mol. The molecule has 122 valence electrons. The second-order valence-electron chi connectivity index (χ2n) is 4.95. The van der Waals surface area contributed by atoms with Crippen LogP contribution in [0, 0.1) is 0 Å². The summed E-state index contributed by atoms with van der Waals surface area (Å²) in [4.78, 5) is 22.2. The number of nitrogens with one attached hydrogen (secondary N) is 1. The van der Waals surface area contributed by atoms with Crippen LogP contribution in [0.1, 0.15) is 24.8 Å². The van der Waals surface area contributed by atoms with Crippen molar-refractivity contribution in [3.8, 4) is 0 Å². The summed E-state index contributed by atoms with van der Waals surface area (Å²) in [6.07, 6.45) is 2.17. The van der Waals surface area contributed by atoms with Gasteiger partial charge in [0.1, 0.15) is 0 Å². The Morgan fingerprint density at radius 1 is 1.26 bits per heavy atom. The highest BCUT2D eigenvalue weighted by atomic mass is 79.9. The van der Waals surface area contributed by atoms with Crippen molar-refractivity contribution < 1.29 is 14.7 Å². The van der Waals surface area contributed by atoms with Gasteiger partial charge in [-0.2, -0.15) is 5.10 Å². The molecule has 1 heterocycles. The molecule has 1 aromatic heterocycles. The van der Waals surface area contributed by atoms with E-state index >= 15 is 0 Å². The molecule has 0 fully saturated rings. The van der Waals surface area contributed by atoms with Gasteiger partial charge in [0.15, 0.2) is 5.82 Å². The fraction of sp³-hybridized carbons (Fsp3) is 0.267. The third-order valence-corrected chi connectivity index (χ3v) is 3.86. The smallest absolute Gasteiger partial charge is 0.303 e. The fourth-order valence-electron chi connectivity index (χ4n) is 1.93. The number of benzene rings is 1. The number of carboxylic acids is 1. The summed E-state index contributed by atoms with van der Waals surface area (Å²) in [5.74, 6) is -0.755. The Hall–Kier alpha value is -1.86. The predicted octanol–water partition coefficient (Wildman–Crippen LogP) is 3.54. The summed E-state index contributed by atoms with van der Waals surface area (Å²) in [6.45, 7) is 0.546. The molecule has 0 saturated carbocycles. The van der Waals surface area contributed by atoms with Crippen molar-refractivity contribution in [1.29, 1.82) is 0 Å². The molecule has 0 bridgehead atoms. The van der Waals surface area contributed by atoms with E-state index in [-0.39, 0.29) is 18.7 Å². The van der Waals surface area contributed by atoms with E-state index in [0.29, 0.717) is 28.3 Å². The first-order valence-corrected chi connectivity index (χ1v) is 8.10. The Morgan fingerprint density at radius 2 is 1.96 bits per heavy atom. The summed E-state index contributed by atoms with van der Waals surface area (Å²) in [5.41, 5.74) is 1.03. The number of nitrogens with zero attached hydrogens (tertiary/aromatic N) is 2. The van der Waals surface area contributed by atoms with Crippen LogP contribution in [0.2, 0.25) is 5.02 Å². The van der Waals surface area contributed by atoms with Crippen molar-refractivity contribution in [3.05, 3.63) is 45.5 Å². The molecule has 0 aliphatic rings. The minimum Gasteiger partial charge on any atom is -0.481 e. The van der Waals surface area contributed by atoms with Gasteiger partial charge < -0.3 is 10.4 Å². The zero-order chi connectivity index (χ0) is 16.8. The molecule has 1 aromatic carbocycles. The lowest BCUT2D eigenvalue weighted by molar-refractivity contribution is -0.137. The Balaban J connectivity index is 1.93. The summed E-state index contributed by atoms with van der Waals surface area (Å²) >= 11 is 9.20. The van der Waals surface area contributed by atoms with Crippen molar-refractivity contribution in [2.75, 3.05) is 5.32 Å². The zero-order valence-electron chi connectivity index (χ0n) is 12.1. The van der Waals surface area contributed by atoms with Gasteiger partial charge in [-0.1, -0.05) is 23.7 Å². The molecule has 23 heavy (non-hydrogen) atoms. The number of carbonyl (C=O) groups excluding carboxylic acids is 1. The van der Waals surface area contributed by atoms with Gasteiger partial charge in [0.05, 0.1) is 11.0 Å². The number of hydrogen-bond acceptors (Lipinski definition) is 3. The number of aliphatic carboxylic acids is 1. The van der Waals surface area contributed by atoms with E-state index in [1.165, 1.54) is 0 Å². The first-order valence-electron chi connectivity index (χ1n) is 6.93. The molecule has 2 rings (SSSR count). The molecular formula is C15H15BrClN3O3. The number of carboxylic acid groups (broad SMARTS) is 1. The number of anilines is 1. The van der Waals surface area contributed by atoms with Gasteiger partial charge in [-0.15, -0.1) is 0 Å². The standard InChI is InChI=1S/C15H15BrClN3O3/c16-12-9-20(8-10-4-6-11(17)7-5-10)19-15(12)18-13(21)2-1-3-14(22)23/h4-7,9H,1-3,8H2,(H,22,23)(H,18,19,21). The molecule has 0 radical (unpaired) electrons. The molecule has 0 spiro atoms. The monoisotopic (exact) mass is 399 g/mol. The average Bonchev–Trinajstić information content (AvgIpc) is 2.81. The molecule has 8 heteroatoms. The lowest BCUT2D eigenvalue weighted by Crippen LogP contribution is -2.13. The highest BCUT2D eigenvalue weighted by molar-refractivity contribution is 9.10. The number of halogens is 2. The van der Waals surface area contributed by atoms with Crippen LogP contribution in [0.5, 0.6) is 0 Å². The summed E-state index contributed by atoms with van der Waals surface area (Å²) in [7, 11) is 0. The largest absolute Gasteiger partial charge is 0.481 e. The van der Waals surface area contributed by atoms with E-state index < -0.39 is 5.97 Å². The van der Waals surface area contributed by atoms with E-state index in [1.807, 2.05) is 12.1 Å². The van der Waals surface area contributed by atoms with E-state index in [9.17, 15) is 9.59 Å². The van der Waals surface area contributed by atoms with Crippen molar-refractivity contribution >= 4 is 45.2 Å². The molecule has 0 aliphatic carbocycles. The van der Waals surface area contributed by atoms with E-state index in [2.05, 4.69) is 26.3 Å². The first kappa shape index (κ1) is 17.5. The first-order chi connectivity index (χ1) is 10.9. The lowest BCUT2D eigenvalue weighted by Gasteiger charge is -2.03. The van der Waals surface area contributed by atoms with E-state index in [1.54, 1.807) is 23.0 Å². The molecule has 0 unspecified atom stereocenters. The van der Waals surface area contributed by atoms with Crippen LogP contribution < -0.4 is 5.32 Å². The van der Waals surface area contributed by atoms with Gasteiger partial charge in [-0.25, -0.2) is 0 Å². The molecule has 2 N–H and O–H groups in total. The topological polar surface area (TPSA) is 84.2 Å². The van der Waals surface area contributed by atoms with Crippen molar-refractivity contribution in [2.24, 2.45) is 0 Å². The Kier molecular flexibility index (Phi) is 6.18. The van der Waals surface area contributed by atoms with Crippen LogP contribution in [0.25, 0.3) is 0 Å². The molecule has 0 aliphatic heterocycles. The maximum atomic E-state index is 11.8. The minimum atomic E-state index is -0.911. The van der Waals surface area contributed by atoms with Gasteiger partial charge >= 0.3 is 5.97 Å². The van der Waals surface area contributed by atoms with Crippen LogP contribution in [0.15, 0.2) is 34.9 Å². The molecule has 1 amide bonds. The maximum absolute atomic E-state index is 11.8. The highest BCUT2D eigenvalue weighted by Gasteiger charge is 2.11. The van der Waals surface area contributed by atoms with Gasteiger partial charge in [0.25, 0.3) is 0 Å². The molecule has 0 saturated heterocycles. The summed E-state index contributed by atoms with van der Waals surface area (Å²) in [6, 6.07) is 7.42. The number of rotatable bonds is 7. The SMILES string of the molecule is O=C(O)CCCC(=O)Nc1nn(Cc2ccc(Cl)cc2)cc1Br. The van der Waals surface area contributed by atoms with E-state index in [0.717, 1.165) is 5.56 Å². The van der Waals surface area contributed by atoms with Crippen molar-refractivity contribution in [2.45, 2.75) is 25.8 Å². The predicted molar refractivity (Wildman–Crippen MR) is 90.6 cm³/mol. The lowest BCUT2D eigenvalue weighted by atomic mass is 10.2. The van der Waals surface area contributed by atoms with Crippen LogP contribution in [0.3, 0.4) is 0 Å². The third kappa shape index (κ3) is 5.69.